The molecule has 0 aromatic heterocycles. The Morgan fingerprint density at radius 3 is 2.28 bits per heavy atom. The maximum atomic E-state index is 11.4. The Bertz CT molecular complexity index is 670. The molecule has 0 atom stereocenters. The first-order chi connectivity index (χ1) is 8.07. The molecule has 0 amide bonds. The van der Waals surface area contributed by atoms with Gasteiger partial charge in [-0.3, -0.25) is 4.72 Å². The molecule has 0 radical (unpaired) electrons. The second-order valence-corrected chi connectivity index (χ2v) is 8.94. The summed E-state index contributed by atoms with van der Waals surface area (Å²) in [7, 11) is -2.02. The van der Waals surface area contributed by atoms with Crippen LogP contribution in [0, 0.1) is 6.92 Å². The number of sulfonamides is 1. The molecule has 0 saturated heterocycles. The van der Waals surface area contributed by atoms with Gasteiger partial charge in [0.2, 0.25) is 10.0 Å². The number of rotatable bonds is 4. The Labute approximate surface area is 119 Å². The van der Waals surface area contributed by atoms with Crippen molar-refractivity contribution in [3.8, 4) is 0 Å². The first kappa shape index (κ1) is 15.7. The average molecular weight is 377 g/mol. The van der Waals surface area contributed by atoms with E-state index in [2.05, 4.69) is 20.7 Å². The zero-order valence-corrected chi connectivity index (χ0v) is 13.5. The number of halogens is 2. The van der Waals surface area contributed by atoms with E-state index in [1.807, 2.05) is 0 Å². The number of hydrogen-bond donors (Lipinski definition) is 1. The van der Waals surface area contributed by atoms with E-state index in [1.165, 1.54) is 26.0 Å². The molecular formula is C9H11BrClNO4S2. The second-order valence-electron chi connectivity index (χ2n) is 3.54. The molecule has 102 valence electrons. The highest BCUT2D eigenvalue weighted by Crippen LogP contribution is 2.31. The molecule has 1 rings (SSSR count). The van der Waals surface area contributed by atoms with Gasteiger partial charge < -0.3 is 0 Å². The van der Waals surface area contributed by atoms with Crippen LogP contribution in [-0.4, -0.2) is 22.6 Å². The first-order valence-electron chi connectivity index (χ1n) is 4.82. The summed E-state index contributed by atoms with van der Waals surface area (Å²) >= 11 is 3.11. The normalized spacial score (nSPS) is 12.4. The van der Waals surface area contributed by atoms with Crippen molar-refractivity contribution in [2.24, 2.45) is 0 Å². The van der Waals surface area contributed by atoms with Crippen molar-refractivity contribution < 1.29 is 16.8 Å². The van der Waals surface area contributed by atoms with Gasteiger partial charge >= 0.3 is 0 Å². The fourth-order valence-corrected chi connectivity index (χ4v) is 3.82. The fraction of sp³-hybridized carbons (Fsp3) is 0.333. The van der Waals surface area contributed by atoms with Crippen LogP contribution in [0.15, 0.2) is 21.5 Å². The largest absolute Gasteiger partial charge is 0.282 e. The predicted octanol–water partition coefficient (Wildman–Crippen LogP) is 2.45. The minimum absolute atomic E-state index is 0.0597. The van der Waals surface area contributed by atoms with Crippen molar-refractivity contribution in [2.75, 3.05) is 10.5 Å². The van der Waals surface area contributed by atoms with E-state index in [0.717, 1.165) is 0 Å². The number of aryl methyl sites for hydroxylation is 1. The van der Waals surface area contributed by atoms with Crippen LogP contribution in [0.4, 0.5) is 5.69 Å². The quantitative estimate of drug-likeness (QED) is 0.819. The van der Waals surface area contributed by atoms with E-state index >= 15 is 0 Å². The van der Waals surface area contributed by atoms with Crippen LogP contribution < -0.4 is 4.72 Å². The monoisotopic (exact) mass is 375 g/mol. The van der Waals surface area contributed by atoms with E-state index in [0.29, 0.717) is 10.0 Å². The van der Waals surface area contributed by atoms with Crippen LogP contribution in [-0.2, 0) is 19.1 Å². The van der Waals surface area contributed by atoms with Gasteiger partial charge in [-0.1, -0.05) is 0 Å². The summed E-state index contributed by atoms with van der Waals surface area (Å²) in [6.07, 6.45) is 0. The Kier molecular flexibility index (Phi) is 4.69. The highest BCUT2D eigenvalue weighted by Gasteiger charge is 2.17. The third-order valence-electron chi connectivity index (χ3n) is 2.17. The molecule has 0 bridgehead atoms. The maximum absolute atomic E-state index is 11.4. The second kappa shape index (κ2) is 5.36. The van der Waals surface area contributed by atoms with Crippen LogP contribution in [0.5, 0.6) is 0 Å². The number of anilines is 1. The van der Waals surface area contributed by atoms with Crippen LogP contribution in [0.2, 0.25) is 0 Å². The van der Waals surface area contributed by atoms with Gasteiger partial charge in [0.15, 0.2) is 0 Å². The molecule has 0 saturated carbocycles. The Morgan fingerprint density at radius 1 is 1.28 bits per heavy atom. The average Bonchev–Trinajstić information content (AvgIpc) is 2.21. The fourth-order valence-electron chi connectivity index (χ4n) is 1.24. The zero-order chi connectivity index (χ0) is 14.1. The molecule has 0 aliphatic heterocycles. The molecule has 5 nitrogen and oxygen atoms in total. The summed E-state index contributed by atoms with van der Waals surface area (Å²) in [6, 6.07) is 2.68. The molecule has 18 heavy (non-hydrogen) atoms. The first-order valence-corrected chi connectivity index (χ1v) is 9.57. The van der Waals surface area contributed by atoms with E-state index in [4.69, 9.17) is 10.7 Å². The zero-order valence-electron chi connectivity index (χ0n) is 9.57. The van der Waals surface area contributed by atoms with Crippen LogP contribution in [0.3, 0.4) is 0 Å². The van der Waals surface area contributed by atoms with Crippen LogP contribution in [0.25, 0.3) is 0 Å². The molecule has 0 spiro atoms. The predicted molar refractivity (Wildman–Crippen MR) is 75.0 cm³/mol. The number of nitrogens with one attached hydrogen (secondary N) is 1. The van der Waals surface area contributed by atoms with Crippen LogP contribution in [0.1, 0.15) is 12.5 Å². The molecule has 0 aliphatic carbocycles. The molecule has 0 heterocycles. The van der Waals surface area contributed by atoms with Crippen molar-refractivity contribution >= 4 is 51.4 Å². The lowest BCUT2D eigenvalue weighted by Crippen LogP contribution is -2.15. The smallest absolute Gasteiger partial charge is 0.261 e. The van der Waals surface area contributed by atoms with Crippen molar-refractivity contribution in [3.63, 3.8) is 0 Å². The molecule has 0 unspecified atom stereocenters. The van der Waals surface area contributed by atoms with Gasteiger partial charge in [-0.15, -0.1) is 0 Å². The van der Waals surface area contributed by atoms with Gasteiger partial charge in [-0.05, 0) is 47.5 Å². The van der Waals surface area contributed by atoms with Gasteiger partial charge in [-0.25, -0.2) is 16.8 Å². The SMILES string of the molecule is CCS(=O)(=O)Nc1cc(C)c(S(=O)(=O)Cl)cc1Br. The maximum Gasteiger partial charge on any atom is 0.261 e. The lowest BCUT2D eigenvalue weighted by Gasteiger charge is -2.11. The molecular weight excluding hydrogens is 366 g/mol. The number of benzene rings is 1. The van der Waals surface area contributed by atoms with E-state index in [1.54, 1.807) is 0 Å². The van der Waals surface area contributed by atoms with Crippen LogP contribution >= 0.6 is 26.6 Å². The van der Waals surface area contributed by atoms with E-state index in [-0.39, 0.29) is 16.3 Å². The van der Waals surface area contributed by atoms with E-state index < -0.39 is 19.1 Å². The minimum Gasteiger partial charge on any atom is -0.282 e. The van der Waals surface area contributed by atoms with Gasteiger partial charge in [0.05, 0.1) is 16.3 Å². The number of hydrogen-bond acceptors (Lipinski definition) is 4. The molecule has 0 fully saturated rings. The Hall–Kier alpha value is -0.310. The van der Waals surface area contributed by atoms with Gasteiger partial charge in [-0.2, -0.15) is 0 Å². The van der Waals surface area contributed by atoms with Crippen molar-refractivity contribution in [1.29, 1.82) is 0 Å². The van der Waals surface area contributed by atoms with Gasteiger partial charge in [0.1, 0.15) is 0 Å². The summed E-state index contributed by atoms with van der Waals surface area (Å²) in [5.74, 6) is -0.0754. The van der Waals surface area contributed by atoms with Crippen molar-refractivity contribution in [2.45, 2.75) is 18.7 Å². The molecule has 9 heteroatoms. The molecule has 1 N–H and O–H groups in total. The summed E-state index contributed by atoms with van der Waals surface area (Å²) in [6.45, 7) is 3.03. The van der Waals surface area contributed by atoms with Crippen molar-refractivity contribution in [3.05, 3.63) is 22.2 Å². The van der Waals surface area contributed by atoms with Crippen molar-refractivity contribution in [1.82, 2.24) is 0 Å². The third-order valence-corrected chi connectivity index (χ3v) is 5.58. The molecule has 0 aliphatic rings. The highest BCUT2D eigenvalue weighted by atomic mass is 79.9. The third kappa shape index (κ3) is 3.84. The Balaban J connectivity index is 3.33. The van der Waals surface area contributed by atoms with Gasteiger partial charge in [0.25, 0.3) is 9.05 Å². The Morgan fingerprint density at radius 2 is 1.83 bits per heavy atom. The summed E-state index contributed by atoms with van der Waals surface area (Å²) in [5.41, 5.74) is 0.639. The minimum atomic E-state index is -3.86. The topological polar surface area (TPSA) is 80.3 Å². The summed E-state index contributed by atoms with van der Waals surface area (Å²) in [4.78, 5) is -0.0597. The summed E-state index contributed by atoms with van der Waals surface area (Å²) in [5, 5.41) is 0. The van der Waals surface area contributed by atoms with E-state index in [9.17, 15) is 16.8 Å². The molecule has 1 aromatic carbocycles. The lowest BCUT2D eigenvalue weighted by atomic mass is 10.2. The summed E-state index contributed by atoms with van der Waals surface area (Å²) < 4.78 is 48.1. The highest BCUT2D eigenvalue weighted by molar-refractivity contribution is 9.10. The molecule has 1 aromatic rings. The standard InChI is InChI=1S/C9H11BrClNO4S2/c1-3-17(13,14)12-8-4-6(2)9(5-7(8)10)18(11,15)16/h4-5,12H,3H2,1-2H3. The lowest BCUT2D eigenvalue weighted by molar-refractivity contribution is 0.602. The van der Waals surface area contributed by atoms with Gasteiger partial charge in [0, 0.05) is 15.2 Å².